The maximum absolute atomic E-state index is 4.78. The standard InChI is InChI=1S/C15H16N2/c1-11-6-8-13(9-7-11)14-10-17-12(2)4-3-5-15(17)16-14/h3-9,14H,10H2,1-2H3. The molecule has 2 nitrogen and oxygen atoms in total. The van der Waals surface area contributed by atoms with E-state index in [2.05, 4.69) is 61.2 Å². The van der Waals surface area contributed by atoms with Gasteiger partial charge in [0.15, 0.2) is 0 Å². The monoisotopic (exact) mass is 224 g/mol. The third-order valence-corrected chi connectivity index (χ3v) is 3.39. The van der Waals surface area contributed by atoms with Crippen molar-refractivity contribution in [2.24, 2.45) is 4.99 Å². The molecule has 2 aliphatic heterocycles. The van der Waals surface area contributed by atoms with E-state index in [9.17, 15) is 0 Å². The number of aliphatic imine (C=N–C) groups is 1. The fourth-order valence-corrected chi connectivity index (χ4v) is 2.33. The highest BCUT2D eigenvalue weighted by Gasteiger charge is 2.26. The molecule has 0 amide bonds. The van der Waals surface area contributed by atoms with Gasteiger partial charge in [-0.05, 0) is 31.6 Å². The van der Waals surface area contributed by atoms with Crippen molar-refractivity contribution in [2.75, 3.05) is 6.54 Å². The van der Waals surface area contributed by atoms with Crippen LogP contribution in [0, 0.1) is 6.92 Å². The number of hydrogen-bond donors (Lipinski definition) is 0. The first-order chi connectivity index (χ1) is 8.24. The first-order valence-electron chi connectivity index (χ1n) is 6.01. The van der Waals surface area contributed by atoms with Crippen molar-refractivity contribution < 1.29 is 0 Å². The molecule has 0 bridgehead atoms. The molecule has 17 heavy (non-hydrogen) atoms. The lowest BCUT2D eigenvalue weighted by molar-refractivity contribution is 0.513. The molecule has 0 saturated heterocycles. The Bertz CT molecular complexity index is 520. The zero-order chi connectivity index (χ0) is 11.8. The highest BCUT2D eigenvalue weighted by Crippen LogP contribution is 2.29. The van der Waals surface area contributed by atoms with Gasteiger partial charge in [-0.2, -0.15) is 0 Å². The van der Waals surface area contributed by atoms with Crippen LogP contribution in [0.1, 0.15) is 24.1 Å². The second kappa shape index (κ2) is 3.88. The summed E-state index contributed by atoms with van der Waals surface area (Å²) < 4.78 is 0. The lowest BCUT2D eigenvalue weighted by Gasteiger charge is -2.22. The summed E-state index contributed by atoms with van der Waals surface area (Å²) in [5.74, 6) is 1.09. The van der Waals surface area contributed by atoms with Crippen LogP contribution >= 0.6 is 0 Å². The van der Waals surface area contributed by atoms with Crippen LogP contribution in [-0.2, 0) is 0 Å². The number of fused-ring (bicyclic) bond motifs is 1. The minimum atomic E-state index is 0.275. The minimum absolute atomic E-state index is 0.275. The lowest BCUT2D eigenvalue weighted by Crippen LogP contribution is -2.26. The van der Waals surface area contributed by atoms with Crippen molar-refractivity contribution in [1.29, 1.82) is 0 Å². The second-order valence-corrected chi connectivity index (χ2v) is 4.69. The van der Waals surface area contributed by atoms with Crippen LogP contribution in [0.2, 0.25) is 0 Å². The van der Waals surface area contributed by atoms with Gasteiger partial charge in [0, 0.05) is 5.70 Å². The molecule has 0 spiro atoms. The zero-order valence-corrected chi connectivity index (χ0v) is 10.2. The average molecular weight is 224 g/mol. The van der Waals surface area contributed by atoms with E-state index >= 15 is 0 Å². The molecule has 1 aromatic carbocycles. The Kier molecular flexibility index (Phi) is 2.36. The van der Waals surface area contributed by atoms with Gasteiger partial charge in [0.05, 0.1) is 12.6 Å². The summed E-state index contributed by atoms with van der Waals surface area (Å²) in [5.41, 5.74) is 3.88. The number of benzene rings is 1. The smallest absolute Gasteiger partial charge is 0.128 e. The molecule has 3 rings (SSSR count). The number of amidine groups is 1. The first-order valence-corrected chi connectivity index (χ1v) is 6.01. The molecule has 0 radical (unpaired) electrons. The van der Waals surface area contributed by atoms with Crippen molar-refractivity contribution in [2.45, 2.75) is 19.9 Å². The summed E-state index contributed by atoms with van der Waals surface area (Å²) in [4.78, 5) is 7.06. The maximum Gasteiger partial charge on any atom is 0.128 e. The Balaban J connectivity index is 1.89. The average Bonchev–Trinajstić information content (AvgIpc) is 2.75. The predicted molar refractivity (Wildman–Crippen MR) is 71.0 cm³/mol. The SMILES string of the molecule is CC1=CC=CC2=NC(c3ccc(C)cc3)CN12. The van der Waals surface area contributed by atoms with E-state index in [0.717, 1.165) is 12.4 Å². The summed E-state index contributed by atoms with van der Waals surface area (Å²) in [5, 5.41) is 0. The number of aryl methyl sites for hydroxylation is 1. The van der Waals surface area contributed by atoms with Gasteiger partial charge in [-0.1, -0.05) is 35.9 Å². The second-order valence-electron chi connectivity index (χ2n) is 4.69. The van der Waals surface area contributed by atoms with Crippen LogP contribution in [0.15, 0.2) is 53.2 Å². The fourth-order valence-electron chi connectivity index (χ4n) is 2.33. The Labute approximate surface area is 102 Å². The van der Waals surface area contributed by atoms with Gasteiger partial charge >= 0.3 is 0 Å². The van der Waals surface area contributed by atoms with E-state index in [-0.39, 0.29) is 6.04 Å². The molecule has 0 N–H and O–H groups in total. The molecule has 0 saturated carbocycles. The van der Waals surface area contributed by atoms with Crippen molar-refractivity contribution in [3.05, 3.63) is 59.3 Å². The highest BCUT2D eigenvalue weighted by atomic mass is 15.3. The molecule has 1 aromatic rings. The van der Waals surface area contributed by atoms with Crippen LogP contribution < -0.4 is 0 Å². The molecule has 1 atom stereocenters. The summed E-state index contributed by atoms with van der Waals surface area (Å²) in [7, 11) is 0. The number of nitrogens with zero attached hydrogens (tertiary/aromatic N) is 2. The Morgan fingerprint density at radius 3 is 2.65 bits per heavy atom. The van der Waals surface area contributed by atoms with Crippen molar-refractivity contribution in [3.8, 4) is 0 Å². The Hall–Kier alpha value is -1.83. The van der Waals surface area contributed by atoms with Gasteiger partial charge < -0.3 is 4.90 Å². The minimum Gasteiger partial charge on any atom is -0.328 e. The van der Waals surface area contributed by atoms with Crippen molar-refractivity contribution >= 4 is 5.84 Å². The maximum atomic E-state index is 4.78. The van der Waals surface area contributed by atoms with Crippen LogP contribution in [0.4, 0.5) is 0 Å². The van der Waals surface area contributed by atoms with E-state index in [1.54, 1.807) is 0 Å². The fraction of sp³-hybridized carbons (Fsp3) is 0.267. The van der Waals surface area contributed by atoms with Crippen LogP contribution in [0.3, 0.4) is 0 Å². The first kappa shape index (κ1) is 10.3. The number of hydrogen-bond acceptors (Lipinski definition) is 2. The van der Waals surface area contributed by atoms with Gasteiger partial charge in [0.25, 0.3) is 0 Å². The van der Waals surface area contributed by atoms with E-state index in [0.29, 0.717) is 0 Å². The lowest BCUT2D eigenvalue weighted by atomic mass is 10.1. The van der Waals surface area contributed by atoms with Gasteiger partial charge in [-0.3, -0.25) is 4.99 Å². The van der Waals surface area contributed by atoms with Crippen molar-refractivity contribution in [3.63, 3.8) is 0 Å². The van der Waals surface area contributed by atoms with Crippen LogP contribution in [0.25, 0.3) is 0 Å². The predicted octanol–water partition coefficient (Wildman–Crippen LogP) is 3.22. The molecule has 0 aliphatic carbocycles. The largest absolute Gasteiger partial charge is 0.328 e. The molecule has 2 aliphatic rings. The third kappa shape index (κ3) is 1.80. The highest BCUT2D eigenvalue weighted by molar-refractivity contribution is 5.97. The summed E-state index contributed by atoms with van der Waals surface area (Å²) in [6.07, 6.45) is 6.29. The quantitative estimate of drug-likeness (QED) is 0.715. The van der Waals surface area contributed by atoms with Crippen LogP contribution in [-0.4, -0.2) is 17.3 Å². The molecule has 2 heteroatoms. The van der Waals surface area contributed by atoms with Gasteiger partial charge in [0.1, 0.15) is 5.84 Å². The van der Waals surface area contributed by atoms with Crippen LogP contribution in [0.5, 0.6) is 0 Å². The zero-order valence-electron chi connectivity index (χ0n) is 10.2. The van der Waals surface area contributed by atoms with Gasteiger partial charge in [-0.15, -0.1) is 0 Å². The molecular formula is C15H16N2. The molecule has 2 heterocycles. The third-order valence-electron chi connectivity index (χ3n) is 3.39. The Morgan fingerprint density at radius 2 is 1.94 bits per heavy atom. The van der Waals surface area contributed by atoms with Gasteiger partial charge in [0.2, 0.25) is 0 Å². The number of allylic oxidation sites excluding steroid dienone is 3. The van der Waals surface area contributed by atoms with E-state index < -0.39 is 0 Å². The molecule has 1 unspecified atom stereocenters. The molecular weight excluding hydrogens is 208 g/mol. The molecule has 86 valence electrons. The summed E-state index contributed by atoms with van der Waals surface area (Å²) in [6, 6.07) is 8.96. The summed E-state index contributed by atoms with van der Waals surface area (Å²) >= 11 is 0. The Morgan fingerprint density at radius 1 is 1.18 bits per heavy atom. The van der Waals surface area contributed by atoms with E-state index in [4.69, 9.17) is 4.99 Å². The summed E-state index contributed by atoms with van der Waals surface area (Å²) in [6.45, 7) is 5.21. The normalized spacial score (nSPS) is 22.2. The van der Waals surface area contributed by atoms with E-state index in [1.807, 2.05) is 0 Å². The topological polar surface area (TPSA) is 15.6 Å². The van der Waals surface area contributed by atoms with Crippen molar-refractivity contribution in [1.82, 2.24) is 4.90 Å². The number of rotatable bonds is 1. The van der Waals surface area contributed by atoms with E-state index in [1.165, 1.54) is 16.8 Å². The molecule has 0 aromatic heterocycles. The van der Waals surface area contributed by atoms with Gasteiger partial charge in [-0.25, -0.2) is 0 Å². The molecule has 0 fully saturated rings.